The number of hydrogen-bond donors (Lipinski definition) is 2. The first kappa shape index (κ1) is 18.2. The van der Waals surface area contributed by atoms with Gasteiger partial charge in [0.15, 0.2) is 5.76 Å². The third-order valence-electron chi connectivity index (χ3n) is 4.54. The zero-order chi connectivity index (χ0) is 20.4. The number of nitrogens with zero attached hydrogens (tertiary/aromatic N) is 1. The summed E-state index contributed by atoms with van der Waals surface area (Å²) in [7, 11) is 0. The van der Waals surface area contributed by atoms with Crippen LogP contribution in [0.3, 0.4) is 0 Å². The van der Waals surface area contributed by atoms with E-state index in [2.05, 4.69) is 0 Å². The Hall–Kier alpha value is -4.19. The second kappa shape index (κ2) is 7.44. The lowest BCUT2D eigenvalue weighted by Crippen LogP contribution is -2.10. The highest BCUT2D eigenvalue weighted by Gasteiger charge is 2.12. The van der Waals surface area contributed by atoms with Crippen LogP contribution >= 0.6 is 0 Å². The first-order valence-corrected chi connectivity index (χ1v) is 8.88. The highest BCUT2D eigenvalue weighted by atomic mass is 16.3. The van der Waals surface area contributed by atoms with Crippen molar-refractivity contribution in [2.45, 2.75) is 0 Å². The molecule has 0 spiro atoms. The Morgan fingerprint density at radius 2 is 1.41 bits per heavy atom. The van der Waals surface area contributed by atoms with Gasteiger partial charge in [0.25, 0.3) is 0 Å². The molecule has 4 aromatic rings. The lowest BCUT2D eigenvalue weighted by atomic mass is 9.99. The Balaban J connectivity index is 1.87. The number of aromatic nitrogens is 1. The maximum atomic E-state index is 11.6. The van der Waals surface area contributed by atoms with Crippen molar-refractivity contribution in [3.05, 3.63) is 90.2 Å². The second-order valence-electron chi connectivity index (χ2n) is 6.49. The van der Waals surface area contributed by atoms with Crippen molar-refractivity contribution in [2.24, 2.45) is 11.5 Å². The molecule has 0 aliphatic carbocycles. The summed E-state index contributed by atoms with van der Waals surface area (Å²) < 4.78 is 5.52. The molecule has 0 aliphatic heterocycles. The summed E-state index contributed by atoms with van der Waals surface area (Å²) in [6.45, 7) is 0. The van der Waals surface area contributed by atoms with Gasteiger partial charge < -0.3 is 15.9 Å². The molecule has 0 atom stereocenters. The Labute approximate surface area is 166 Å². The molecule has 29 heavy (non-hydrogen) atoms. The van der Waals surface area contributed by atoms with E-state index in [-0.39, 0.29) is 0 Å². The second-order valence-corrected chi connectivity index (χ2v) is 6.49. The van der Waals surface area contributed by atoms with E-state index in [1.165, 1.54) is 0 Å². The van der Waals surface area contributed by atoms with Crippen LogP contribution in [-0.2, 0) is 0 Å². The lowest BCUT2D eigenvalue weighted by molar-refractivity contribution is 0.0992. The summed E-state index contributed by atoms with van der Waals surface area (Å²) >= 11 is 0. The van der Waals surface area contributed by atoms with Gasteiger partial charge in [-0.05, 0) is 59.7 Å². The van der Waals surface area contributed by atoms with E-state index < -0.39 is 11.8 Å². The first-order chi connectivity index (χ1) is 14.0. The molecule has 4 N–H and O–H groups in total. The maximum Gasteiger partial charge on any atom is 0.248 e. The van der Waals surface area contributed by atoms with E-state index >= 15 is 0 Å². The van der Waals surface area contributed by atoms with Gasteiger partial charge in [-0.1, -0.05) is 24.3 Å². The third-order valence-corrected chi connectivity index (χ3v) is 4.54. The van der Waals surface area contributed by atoms with Crippen LogP contribution in [0.2, 0.25) is 0 Å². The molecule has 0 bridgehead atoms. The molecule has 4 rings (SSSR count). The quantitative estimate of drug-likeness (QED) is 0.544. The van der Waals surface area contributed by atoms with Crippen molar-refractivity contribution in [3.8, 4) is 33.8 Å². The minimum atomic E-state index is -0.503. The van der Waals surface area contributed by atoms with Gasteiger partial charge >= 0.3 is 0 Å². The normalized spacial score (nSPS) is 10.6. The molecule has 6 nitrogen and oxygen atoms in total. The summed E-state index contributed by atoms with van der Waals surface area (Å²) in [5.74, 6) is -0.365. The van der Waals surface area contributed by atoms with E-state index in [9.17, 15) is 9.59 Å². The van der Waals surface area contributed by atoms with E-state index in [0.29, 0.717) is 28.3 Å². The minimum Gasteiger partial charge on any atom is -0.463 e. The number of primary amides is 2. The lowest BCUT2D eigenvalue weighted by Gasteiger charge is -2.10. The third kappa shape index (κ3) is 3.77. The molecule has 2 amide bonds. The van der Waals surface area contributed by atoms with Gasteiger partial charge in [-0.25, -0.2) is 4.98 Å². The predicted octanol–water partition coefficient (Wildman–Crippen LogP) is 3.87. The van der Waals surface area contributed by atoms with Gasteiger partial charge in [-0.3, -0.25) is 9.59 Å². The first-order valence-electron chi connectivity index (χ1n) is 8.88. The summed E-state index contributed by atoms with van der Waals surface area (Å²) in [5, 5.41) is 0. The molecule has 0 aliphatic rings. The monoisotopic (exact) mass is 383 g/mol. The summed E-state index contributed by atoms with van der Waals surface area (Å²) in [5.41, 5.74) is 15.4. The summed E-state index contributed by atoms with van der Waals surface area (Å²) in [4.78, 5) is 27.6. The molecule has 6 heteroatoms. The molecule has 2 heterocycles. The van der Waals surface area contributed by atoms with Gasteiger partial charge in [-0.15, -0.1) is 0 Å². The van der Waals surface area contributed by atoms with Crippen LogP contribution in [0.1, 0.15) is 20.7 Å². The molecule has 2 aromatic heterocycles. The average Bonchev–Trinajstić information content (AvgIpc) is 3.28. The fourth-order valence-electron chi connectivity index (χ4n) is 3.05. The van der Waals surface area contributed by atoms with Crippen molar-refractivity contribution in [1.82, 2.24) is 4.98 Å². The number of rotatable bonds is 5. The zero-order valence-corrected chi connectivity index (χ0v) is 15.3. The number of nitrogens with two attached hydrogens (primary N) is 2. The van der Waals surface area contributed by atoms with Crippen molar-refractivity contribution in [3.63, 3.8) is 0 Å². The predicted molar refractivity (Wildman–Crippen MR) is 110 cm³/mol. The molecule has 0 saturated heterocycles. The van der Waals surface area contributed by atoms with Crippen LogP contribution in [0.4, 0.5) is 0 Å². The van der Waals surface area contributed by atoms with Gasteiger partial charge in [0, 0.05) is 16.7 Å². The number of pyridine rings is 1. The van der Waals surface area contributed by atoms with Crippen LogP contribution in [0, 0.1) is 0 Å². The number of hydrogen-bond acceptors (Lipinski definition) is 4. The van der Waals surface area contributed by atoms with Crippen LogP contribution in [0.25, 0.3) is 33.8 Å². The highest BCUT2D eigenvalue weighted by molar-refractivity contribution is 5.94. The van der Waals surface area contributed by atoms with E-state index in [0.717, 1.165) is 16.7 Å². The van der Waals surface area contributed by atoms with E-state index in [1.807, 2.05) is 36.4 Å². The van der Waals surface area contributed by atoms with Crippen molar-refractivity contribution in [2.75, 3.05) is 0 Å². The SMILES string of the molecule is NC(=O)c1ccc(-c2cc(-c3cccc(C(N)=O)c3)nc(-c3ccco3)c2)cc1. The number of carbonyl (C=O) groups is 2. The summed E-state index contributed by atoms with van der Waals surface area (Å²) in [6, 6.07) is 21.4. The molecular weight excluding hydrogens is 366 g/mol. The molecule has 0 radical (unpaired) electrons. The van der Waals surface area contributed by atoms with Crippen LogP contribution in [0.15, 0.2) is 83.5 Å². The van der Waals surface area contributed by atoms with Crippen molar-refractivity contribution >= 4 is 11.8 Å². The summed E-state index contributed by atoms with van der Waals surface area (Å²) in [6.07, 6.45) is 1.58. The number of furan rings is 1. The van der Waals surface area contributed by atoms with Gasteiger partial charge in [0.1, 0.15) is 5.69 Å². The fourth-order valence-corrected chi connectivity index (χ4v) is 3.05. The standard InChI is InChI=1S/C23H17N3O3/c24-22(27)15-8-6-14(7-9-15)18-12-19(16-3-1-4-17(11-16)23(25)28)26-20(13-18)21-5-2-10-29-21/h1-13H,(H2,24,27)(H2,25,28). The number of amides is 2. The van der Waals surface area contributed by atoms with Crippen LogP contribution in [-0.4, -0.2) is 16.8 Å². The van der Waals surface area contributed by atoms with Gasteiger partial charge in [0.05, 0.1) is 12.0 Å². The number of benzene rings is 2. The van der Waals surface area contributed by atoms with E-state index in [1.54, 1.807) is 42.7 Å². The largest absolute Gasteiger partial charge is 0.463 e. The average molecular weight is 383 g/mol. The number of carbonyl (C=O) groups excluding carboxylic acids is 2. The zero-order valence-electron chi connectivity index (χ0n) is 15.3. The van der Waals surface area contributed by atoms with Gasteiger partial charge in [0.2, 0.25) is 11.8 Å². The van der Waals surface area contributed by atoms with Crippen molar-refractivity contribution in [1.29, 1.82) is 0 Å². The Morgan fingerprint density at radius 1 is 0.690 bits per heavy atom. The highest BCUT2D eigenvalue weighted by Crippen LogP contribution is 2.30. The molecule has 2 aromatic carbocycles. The van der Waals surface area contributed by atoms with Gasteiger partial charge in [-0.2, -0.15) is 0 Å². The topological polar surface area (TPSA) is 112 Å². The molecular formula is C23H17N3O3. The fraction of sp³-hybridized carbons (Fsp3) is 0. The smallest absolute Gasteiger partial charge is 0.248 e. The molecule has 0 saturated carbocycles. The van der Waals surface area contributed by atoms with Crippen LogP contribution < -0.4 is 11.5 Å². The Kier molecular flexibility index (Phi) is 4.66. The molecule has 142 valence electrons. The Bertz CT molecular complexity index is 1200. The molecule has 0 unspecified atom stereocenters. The minimum absolute atomic E-state index is 0.403. The van der Waals surface area contributed by atoms with E-state index in [4.69, 9.17) is 20.9 Å². The molecule has 0 fully saturated rings. The van der Waals surface area contributed by atoms with Crippen molar-refractivity contribution < 1.29 is 14.0 Å². The van der Waals surface area contributed by atoms with Crippen LogP contribution in [0.5, 0.6) is 0 Å². The Morgan fingerprint density at radius 3 is 2.07 bits per heavy atom. The maximum absolute atomic E-state index is 11.6.